The van der Waals surface area contributed by atoms with E-state index in [1.807, 2.05) is 18.2 Å². The molecular formula is C18H32N4O2+2. The highest BCUT2D eigenvalue weighted by Gasteiger charge is 2.13. The van der Waals surface area contributed by atoms with Crippen molar-refractivity contribution < 1.29 is 19.4 Å². The van der Waals surface area contributed by atoms with Gasteiger partial charge >= 0.3 is 0 Å². The molecule has 0 spiro atoms. The molecule has 0 aliphatic carbocycles. The molecule has 0 aliphatic rings. The van der Waals surface area contributed by atoms with Gasteiger partial charge in [0.15, 0.2) is 13.1 Å². The van der Waals surface area contributed by atoms with Gasteiger partial charge in [0.25, 0.3) is 11.8 Å². The Kier molecular flexibility index (Phi) is 9.04. The first-order chi connectivity index (χ1) is 11.5. The molecule has 6 heteroatoms. The molecule has 2 amide bonds. The van der Waals surface area contributed by atoms with Gasteiger partial charge in [-0.05, 0) is 45.9 Å². The van der Waals surface area contributed by atoms with E-state index >= 15 is 0 Å². The summed E-state index contributed by atoms with van der Waals surface area (Å²) < 4.78 is 0. The van der Waals surface area contributed by atoms with Crippen molar-refractivity contribution in [2.24, 2.45) is 0 Å². The second-order valence-corrected chi connectivity index (χ2v) is 5.94. The Balaban J connectivity index is 2.60. The number of hydrogen-bond acceptors (Lipinski definition) is 2. The molecular weight excluding hydrogens is 304 g/mol. The number of amides is 2. The largest absolute Gasteiger partial charge is 0.328 e. The highest BCUT2D eigenvalue weighted by molar-refractivity contribution is 5.94. The SMILES string of the molecule is CC[NH+](CC)CC(=O)Nc1cccc(NC(=O)C[NH+](CC)CC)c1. The molecule has 0 radical (unpaired) electrons. The third kappa shape index (κ3) is 7.10. The van der Waals surface area contributed by atoms with Crippen LogP contribution in [0.25, 0.3) is 0 Å². The zero-order valence-electron chi connectivity index (χ0n) is 15.4. The fourth-order valence-corrected chi connectivity index (χ4v) is 2.54. The lowest BCUT2D eigenvalue weighted by Gasteiger charge is -2.16. The predicted octanol–water partition coefficient (Wildman–Crippen LogP) is -0.587. The molecule has 1 rings (SSSR count). The molecule has 0 bridgehead atoms. The van der Waals surface area contributed by atoms with E-state index in [-0.39, 0.29) is 11.8 Å². The quantitative estimate of drug-likeness (QED) is 0.462. The molecule has 0 saturated heterocycles. The smallest absolute Gasteiger partial charge is 0.279 e. The Labute approximate surface area is 145 Å². The first-order valence-corrected chi connectivity index (χ1v) is 8.89. The fourth-order valence-electron chi connectivity index (χ4n) is 2.54. The number of carbonyl (C=O) groups excluding carboxylic acids is 2. The van der Waals surface area contributed by atoms with Crippen LogP contribution < -0.4 is 20.4 Å². The van der Waals surface area contributed by atoms with Crippen LogP contribution in [0, 0.1) is 0 Å². The minimum atomic E-state index is -0.00948. The normalized spacial score (nSPS) is 10.9. The maximum absolute atomic E-state index is 12.1. The summed E-state index contributed by atoms with van der Waals surface area (Å²) in [5.41, 5.74) is 1.42. The Morgan fingerprint density at radius 2 is 1.17 bits per heavy atom. The van der Waals surface area contributed by atoms with Crippen molar-refractivity contribution in [2.45, 2.75) is 27.7 Å². The molecule has 0 unspecified atom stereocenters. The van der Waals surface area contributed by atoms with Crippen molar-refractivity contribution in [1.82, 2.24) is 0 Å². The van der Waals surface area contributed by atoms with E-state index in [9.17, 15) is 9.59 Å². The highest BCUT2D eigenvalue weighted by atomic mass is 16.2. The van der Waals surface area contributed by atoms with Crippen LogP contribution in [0.2, 0.25) is 0 Å². The van der Waals surface area contributed by atoms with Crippen LogP contribution >= 0.6 is 0 Å². The molecule has 0 heterocycles. The van der Waals surface area contributed by atoms with E-state index in [0.29, 0.717) is 24.5 Å². The van der Waals surface area contributed by atoms with Crippen molar-refractivity contribution in [3.63, 3.8) is 0 Å². The van der Waals surface area contributed by atoms with Crippen molar-refractivity contribution in [1.29, 1.82) is 0 Å². The summed E-state index contributed by atoms with van der Waals surface area (Å²) in [6.07, 6.45) is 0. The number of anilines is 2. The van der Waals surface area contributed by atoms with Crippen LogP contribution in [0.4, 0.5) is 11.4 Å². The average Bonchev–Trinajstić information content (AvgIpc) is 2.57. The number of rotatable bonds is 10. The third-order valence-corrected chi connectivity index (χ3v) is 4.25. The number of hydrogen-bond donors (Lipinski definition) is 4. The van der Waals surface area contributed by atoms with Crippen LogP contribution in [-0.2, 0) is 9.59 Å². The molecule has 1 aromatic carbocycles. The molecule has 134 valence electrons. The monoisotopic (exact) mass is 336 g/mol. The van der Waals surface area contributed by atoms with Gasteiger partial charge in [0.1, 0.15) is 0 Å². The maximum atomic E-state index is 12.1. The van der Waals surface area contributed by atoms with Crippen molar-refractivity contribution in [3.8, 4) is 0 Å². The minimum Gasteiger partial charge on any atom is -0.328 e. The second kappa shape index (κ2) is 10.8. The topological polar surface area (TPSA) is 67.1 Å². The maximum Gasteiger partial charge on any atom is 0.279 e. The standard InChI is InChI=1S/C18H30N4O2/c1-5-21(6-2)13-17(23)19-15-10-9-11-16(12-15)20-18(24)14-22(7-3)8-4/h9-12H,5-8,13-14H2,1-4H3,(H,19,23)(H,20,24)/p+2. The number of carbonyl (C=O) groups is 2. The van der Waals surface area contributed by atoms with Crippen LogP contribution in [0.3, 0.4) is 0 Å². The van der Waals surface area contributed by atoms with E-state index in [1.54, 1.807) is 6.07 Å². The van der Waals surface area contributed by atoms with Crippen LogP contribution in [0.5, 0.6) is 0 Å². The highest BCUT2D eigenvalue weighted by Crippen LogP contribution is 2.14. The predicted molar refractivity (Wildman–Crippen MR) is 97.5 cm³/mol. The Morgan fingerprint density at radius 1 is 0.792 bits per heavy atom. The van der Waals surface area contributed by atoms with Gasteiger partial charge in [-0.1, -0.05) is 6.07 Å². The van der Waals surface area contributed by atoms with Gasteiger partial charge in [-0.2, -0.15) is 0 Å². The summed E-state index contributed by atoms with van der Waals surface area (Å²) in [5.74, 6) is -0.0190. The van der Waals surface area contributed by atoms with Crippen LogP contribution in [0.15, 0.2) is 24.3 Å². The molecule has 0 fully saturated rings. The second-order valence-electron chi connectivity index (χ2n) is 5.94. The Morgan fingerprint density at radius 3 is 1.50 bits per heavy atom. The number of likely N-dealkylation sites (N-methyl/N-ethyl adjacent to an activating group) is 2. The summed E-state index contributed by atoms with van der Waals surface area (Å²) in [6, 6.07) is 7.30. The molecule has 0 saturated carbocycles. The summed E-state index contributed by atoms with van der Waals surface area (Å²) in [5, 5.41) is 5.80. The molecule has 1 aromatic rings. The number of nitrogens with one attached hydrogen (secondary N) is 4. The van der Waals surface area contributed by atoms with E-state index in [4.69, 9.17) is 0 Å². The van der Waals surface area contributed by atoms with Gasteiger partial charge < -0.3 is 20.4 Å². The molecule has 0 aliphatic heterocycles. The van der Waals surface area contributed by atoms with Gasteiger partial charge in [0.2, 0.25) is 0 Å². The summed E-state index contributed by atoms with van der Waals surface area (Å²) in [4.78, 5) is 26.6. The number of quaternary nitrogens is 2. The lowest BCUT2D eigenvalue weighted by Crippen LogP contribution is -3.12. The summed E-state index contributed by atoms with van der Waals surface area (Å²) >= 11 is 0. The molecule has 4 N–H and O–H groups in total. The van der Waals surface area contributed by atoms with Crippen molar-refractivity contribution >= 4 is 23.2 Å². The zero-order valence-corrected chi connectivity index (χ0v) is 15.4. The fraction of sp³-hybridized carbons (Fsp3) is 0.556. The van der Waals surface area contributed by atoms with E-state index in [2.05, 4.69) is 38.3 Å². The first-order valence-electron chi connectivity index (χ1n) is 8.89. The van der Waals surface area contributed by atoms with Crippen molar-refractivity contribution in [3.05, 3.63) is 24.3 Å². The van der Waals surface area contributed by atoms with Crippen LogP contribution in [0.1, 0.15) is 27.7 Å². The van der Waals surface area contributed by atoms with E-state index in [0.717, 1.165) is 26.2 Å². The van der Waals surface area contributed by atoms with E-state index < -0.39 is 0 Å². The third-order valence-electron chi connectivity index (χ3n) is 4.25. The average molecular weight is 336 g/mol. The molecule has 6 nitrogen and oxygen atoms in total. The van der Waals surface area contributed by atoms with Gasteiger partial charge in [-0.3, -0.25) is 9.59 Å². The minimum absolute atomic E-state index is 0.00948. The van der Waals surface area contributed by atoms with Gasteiger partial charge in [-0.25, -0.2) is 0 Å². The Bertz CT molecular complexity index is 482. The number of benzene rings is 1. The lowest BCUT2D eigenvalue weighted by atomic mass is 10.2. The Hall–Kier alpha value is -1.92. The molecule has 24 heavy (non-hydrogen) atoms. The summed E-state index contributed by atoms with van der Waals surface area (Å²) in [6.45, 7) is 12.9. The zero-order chi connectivity index (χ0) is 17.9. The van der Waals surface area contributed by atoms with Crippen molar-refractivity contribution in [2.75, 3.05) is 49.9 Å². The summed E-state index contributed by atoms with van der Waals surface area (Å²) in [7, 11) is 0. The van der Waals surface area contributed by atoms with Gasteiger partial charge in [0, 0.05) is 11.4 Å². The van der Waals surface area contributed by atoms with Crippen LogP contribution in [-0.4, -0.2) is 51.1 Å². The molecule has 0 aromatic heterocycles. The van der Waals surface area contributed by atoms with Gasteiger partial charge in [-0.15, -0.1) is 0 Å². The molecule has 0 atom stereocenters. The lowest BCUT2D eigenvalue weighted by molar-refractivity contribution is -0.888. The van der Waals surface area contributed by atoms with E-state index in [1.165, 1.54) is 9.80 Å². The first kappa shape index (κ1) is 20.1. The van der Waals surface area contributed by atoms with Gasteiger partial charge in [0.05, 0.1) is 26.2 Å².